The van der Waals surface area contributed by atoms with Gasteiger partial charge in [-0.05, 0) is 49.2 Å². The first-order valence-corrected chi connectivity index (χ1v) is 10.3. The zero-order valence-corrected chi connectivity index (χ0v) is 16.8. The van der Waals surface area contributed by atoms with Gasteiger partial charge in [-0.3, -0.25) is 9.78 Å². The summed E-state index contributed by atoms with van der Waals surface area (Å²) in [6, 6.07) is 15.1. The minimum Gasteiger partial charge on any atom is -0.482 e. The van der Waals surface area contributed by atoms with E-state index in [4.69, 9.17) is 4.74 Å². The average molecular weight is 403 g/mol. The number of rotatable bonds is 6. The van der Waals surface area contributed by atoms with Crippen LogP contribution in [0.4, 0.5) is 11.5 Å². The number of carbonyl (C=O) groups excluding carboxylic acids is 1. The molecule has 1 aromatic carbocycles. The second-order valence-electron chi connectivity index (χ2n) is 7.28. The second-order valence-corrected chi connectivity index (χ2v) is 7.28. The summed E-state index contributed by atoms with van der Waals surface area (Å²) in [4.78, 5) is 18.5. The largest absolute Gasteiger partial charge is 0.482 e. The van der Waals surface area contributed by atoms with Crippen LogP contribution in [0, 0.1) is 0 Å². The number of anilines is 2. The Morgan fingerprint density at radius 1 is 1.00 bits per heavy atom. The van der Waals surface area contributed by atoms with E-state index in [9.17, 15) is 4.79 Å². The third-order valence-corrected chi connectivity index (χ3v) is 5.03. The zero-order chi connectivity index (χ0) is 20.6. The van der Waals surface area contributed by atoms with Crippen molar-refractivity contribution >= 4 is 17.4 Å². The van der Waals surface area contributed by atoms with E-state index in [1.165, 1.54) is 25.7 Å². The van der Waals surface area contributed by atoms with Gasteiger partial charge in [-0.15, -0.1) is 10.2 Å². The van der Waals surface area contributed by atoms with Crippen LogP contribution in [-0.4, -0.2) is 40.8 Å². The summed E-state index contributed by atoms with van der Waals surface area (Å²) >= 11 is 0. The quantitative estimate of drug-likeness (QED) is 0.672. The van der Waals surface area contributed by atoms with Crippen LogP contribution < -0.4 is 15.0 Å². The number of ether oxygens (including phenoxy) is 1. The molecule has 0 spiro atoms. The maximum atomic E-state index is 12.2. The van der Waals surface area contributed by atoms with Crippen molar-refractivity contribution in [2.24, 2.45) is 0 Å². The Hall–Kier alpha value is -3.48. The second kappa shape index (κ2) is 9.82. The number of aromatic nitrogens is 3. The molecule has 0 saturated carbocycles. The number of pyridine rings is 1. The molecule has 3 heterocycles. The van der Waals surface area contributed by atoms with Crippen LogP contribution in [0.25, 0.3) is 11.3 Å². The van der Waals surface area contributed by atoms with Gasteiger partial charge in [-0.2, -0.15) is 0 Å². The summed E-state index contributed by atoms with van der Waals surface area (Å²) in [5, 5.41) is 11.7. The van der Waals surface area contributed by atoms with Crippen molar-refractivity contribution in [3.05, 3.63) is 60.9 Å². The van der Waals surface area contributed by atoms with Crippen molar-refractivity contribution in [2.75, 3.05) is 29.9 Å². The van der Waals surface area contributed by atoms with Crippen molar-refractivity contribution in [3.63, 3.8) is 0 Å². The molecular formula is C23H25N5O2. The molecular weight excluding hydrogens is 378 g/mol. The monoisotopic (exact) mass is 403 g/mol. The molecule has 1 N–H and O–H groups in total. The normalized spacial score (nSPS) is 14.1. The first-order valence-electron chi connectivity index (χ1n) is 10.3. The number of nitrogens with zero attached hydrogens (tertiary/aromatic N) is 4. The highest BCUT2D eigenvalue weighted by Gasteiger charge is 2.12. The number of carbonyl (C=O) groups is 1. The van der Waals surface area contributed by atoms with Crippen molar-refractivity contribution < 1.29 is 9.53 Å². The Labute approximate surface area is 176 Å². The summed E-state index contributed by atoms with van der Waals surface area (Å²) < 4.78 is 5.43. The Balaban J connectivity index is 1.38. The average Bonchev–Trinajstić information content (AvgIpc) is 3.08. The Morgan fingerprint density at radius 2 is 1.87 bits per heavy atom. The molecule has 1 aliphatic heterocycles. The molecule has 7 heteroatoms. The standard InChI is InChI=1S/C23H25N5O2/c29-23(17-30-20-9-6-12-24-16-20)25-19-8-5-7-18(15-19)21-10-11-22(27-26-21)28-13-3-1-2-4-14-28/h5-12,15-16H,1-4,13-14,17H2,(H,25,29). The van der Waals surface area contributed by atoms with Crippen LogP contribution in [0.1, 0.15) is 25.7 Å². The van der Waals surface area contributed by atoms with E-state index in [0.29, 0.717) is 11.4 Å². The predicted molar refractivity (Wildman–Crippen MR) is 117 cm³/mol. The molecule has 0 atom stereocenters. The van der Waals surface area contributed by atoms with E-state index < -0.39 is 0 Å². The van der Waals surface area contributed by atoms with Gasteiger partial charge in [-0.1, -0.05) is 25.0 Å². The van der Waals surface area contributed by atoms with E-state index in [-0.39, 0.29) is 12.5 Å². The van der Waals surface area contributed by atoms with Crippen LogP contribution in [0.3, 0.4) is 0 Å². The lowest BCUT2D eigenvalue weighted by Gasteiger charge is -2.20. The minimum atomic E-state index is -0.237. The molecule has 4 rings (SSSR count). The van der Waals surface area contributed by atoms with E-state index in [1.807, 2.05) is 36.4 Å². The smallest absolute Gasteiger partial charge is 0.262 e. The van der Waals surface area contributed by atoms with Crippen molar-refractivity contribution in [1.29, 1.82) is 0 Å². The highest BCUT2D eigenvalue weighted by molar-refractivity contribution is 5.92. The maximum absolute atomic E-state index is 12.2. The van der Waals surface area contributed by atoms with E-state index in [2.05, 4.69) is 25.4 Å². The fraction of sp³-hybridized carbons (Fsp3) is 0.304. The SMILES string of the molecule is O=C(COc1cccnc1)Nc1cccc(-c2ccc(N3CCCCCC3)nn2)c1. The van der Waals surface area contributed by atoms with Gasteiger partial charge >= 0.3 is 0 Å². The lowest BCUT2D eigenvalue weighted by Crippen LogP contribution is -2.25. The van der Waals surface area contributed by atoms with Crippen LogP contribution in [-0.2, 0) is 4.79 Å². The van der Waals surface area contributed by atoms with Gasteiger partial charge in [0.05, 0.1) is 11.9 Å². The molecule has 0 radical (unpaired) electrons. The molecule has 0 aliphatic carbocycles. The summed E-state index contributed by atoms with van der Waals surface area (Å²) in [5.41, 5.74) is 2.36. The first kappa shape index (κ1) is 19.8. The zero-order valence-electron chi connectivity index (χ0n) is 16.8. The van der Waals surface area contributed by atoms with Gasteiger partial charge in [0.2, 0.25) is 0 Å². The lowest BCUT2D eigenvalue weighted by atomic mass is 10.1. The van der Waals surface area contributed by atoms with Gasteiger partial charge in [0.25, 0.3) is 5.91 Å². The van der Waals surface area contributed by atoms with Gasteiger partial charge in [-0.25, -0.2) is 0 Å². The molecule has 1 saturated heterocycles. The summed E-state index contributed by atoms with van der Waals surface area (Å²) in [5.74, 6) is 1.25. The number of hydrogen-bond acceptors (Lipinski definition) is 6. The number of hydrogen-bond donors (Lipinski definition) is 1. The van der Waals surface area contributed by atoms with Gasteiger partial charge in [0.15, 0.2) is 12.4 Å². The molecule has 7 nitrogen and oxygen atoms in total. The molecule has 2 aromatic heterocycles. The number of benzene rings is 1. The van der Waals surface area contributed by atoms with Crippen molar-refractivity contribution in [2.45, 2.75) is 25.7 Å². The predicted octanol–water partition coefficient (Wildman–Crippen LogP) is 3.94. The highest BCUT2D eigenvalue weighted by atomic mass is 16.5. The maximum Gasteiger partial charge on any atom is 0.262 e. The van der Waals surface area contributed by atoms with Crippen LogP contribution in [0.5, 0.6) is 5.75 Å². The van der Waals surface area contributed by atoms with Gasteiger partial charge < -0.3 is 15.0 Å². The van der Waals surface area contributed by atoms with Crippen molar-refractivity contribution in [3.8, 4) is 17.0 Å². The third-order valence-electron chi connectivity index (χ3n) is 5.03. The fourth-order valence-electron chi connectivity index (χ4n) is 3.48. The molecule has 1 amide bonds. The topological polar surface area (TPSA) is 80.2 Å². The Morgan fingerprint density at radius 3 is 2.60 bits per heavy atom. The van der Waals surface area contributed by atoms with Crippen LogP contribution >= 0.6 is 0 Å². The molecule has 0 unspecified atom stereocenters. The van der Waals surface area contributed by atoms with E-state index in [1.54, 1.807) is 24.5 Å². The van der Waals surface area contributed by atoms with Gasteiger partial charge in [0, 0.05) is 30.5 Å². The number of amides is 1. The highest BCUT2D eigenvalue weighted by Crippen LogP contribution is 2.23. The fourth-order valence-corrected chi connectivity index (χ4v) is 3.48. The van der Waals surface area contributed by atoms with Crippen LogP contribution in [0.15, 0.2) is 60.9 Å². The van der Waals surface area contributed by atoms with Gasteiger partial charge in [0.1, 0.15) is 5.75 Å². The molecule has 154 valence electrons. The Kier molecular flexibility index (Phi) is 6.49. The first-order chi connectivity index (χ1) is 14.8. The lowest BCUT2D eigenvalue weighted by molar-refractivity contribution is -0.118. The minimum absolute atomic E-state index is 0.0831. The third kappa shape index (κ3) is 5.31. The van der Waals surface area contributed by atoms with Crippen molar-refractivity contribution in [1.82, 2.24) is 15.2 Å². The Bertz CT molecular complexity index is 955. The van der Waals surface area contributed by atoms with E-state index in [0.717, 1.165) is 30.2 Å². The molecule has 30 heavy (non-hydrogen) atoms. The van der Waals surface area contributed by atoms with Crippen LogP contribution in [0.2, 0.25) is 0 Å². The summed E-state index contributed by atoms with van der Waals surface area (Å²) in [7, 11) is 0. The van der Waals surface area contributed by atoms with E-state index >= 15 is 0 Å². The summed E-state index contributed by atoms with van der Waals surface area (Å²) in [6.45, 7) is 1.99. The molecule has 0 bridgehead atoms. The summed E-state index contributed by atoms with van der Waals surface area (Å²) in [6.07, 6.45) is 8.20. The molecule has 1 aliphatic rings. The molecule has 1 fully saturated rings. The number of nitrogens with one attached hydrogen (secondary N) is 1. The molecule has 3 aromatic rings.